The number of sulfonamides is 1. The van der Waals surface area contributed by atoms with Crippen molar-refractivity contribution in [3.63, 3.8) is 0 Å². The molecule has 0 saturated heterocycles. The van der Waals surface area contributed by atoms with Crippen LogP contribution in [0.2, 0.25) is 10.0 Å². The molecule has 0 spiro atoms. The highest BCUT2D eigenvalue weighted by molar-refractivity contribution is 7.89. The molecule has 0 bridgehead atoms. The fourth-order valence-corrected chi connectivity index (χ4v) is 4.60. The highest BCUT2D eigenvalue weighted by atomic mass is 35.5. The average molecular weight is 447 g/mol. The zero-order chi connectivity index (χ0) is 20.9. The number of methoxy groups -OCH3 is 2. The minimum atomic E-state index is -4.00. The van der Waals surface area contributed by atoms with Crippen molar-refractivity contribution in [2.24, 2.45) is 0 Å². The van der Waals surface area contributed by atoms with E-state index in [1.165, 1.54) is 32.4 Å². The van der Waals surface area contributed by atoms with Gasteiger partial charge in [0.2, 0.25) is 15.9 Å². The second kappa shape index (κ2) is 9.47. The van der Waals surface area contributed by atoms with Crippen LogP contribution in [0.3, 0.4) is 0 Å². The molecule has 0 saturated carbocycles. The number of ether oxygens (including phenoxy) is 2. The van der Waals surface area contributed by atoms with Gasteiger partial charge in [0.25, 0.3) is 0 Å². The van der Waals surface area contributed by atoms with Gasteiger partial charge in [0.15, 0.2) is 11.5 Å². The number of rotatable bonds is 8. The van der Waals surface area contributed by atoms with Gasteiger partial charge < -0.3 is 14.8 Å². The number of amides is 1. The summed E-state index contributed by atoms with van der Waals surface area (Å²) in [6.45, 7) is 1.31. The van der Waals surface area contributed by atoms with E-state index in [1.54, 1.807) is 25.1 Å². The molecule has 2 aromatic rings. The van der Waals surface area contributed by atoms with E-state index in [2.05, 4.69) is 5.32 Å². The Labute approximate surface area is 174 Å². The molecule has 1 amide bonds. The Balaban J connectivity index is 2.20. The predicted molar refractivity (Wildman–Crippen MR) is 109 cm³/mol. The number of hydrogen-bond acceptors (Lipinski definition) is 5. The fourth-order valence-electron chi connectivity index (χ4n) is 2.46. The maximum Gasteiger partial charge on any atom is 0.245 e. The molecule has 0 aliphatic carbocycles. The largest absolute Gasteiger partial charge is 0.493 e. The molecule has 0 aromatic heterocycles. The van der Waals surface area contributed by atoms with Gasteiger partial charge in [-0.25, -0.2) is 8.42 Å². The van der Waals surface area contributed by atoms with Gasteiger partial charge in [-0.3, -0.25) is 4.79 Å². The second-order valence-electron chi connectivity index (χ2n) is 5.62. The third kappa shape index (κ3) is 5.08. The summed E-state index contributed by atoms with van der Waals surface area (Å²) in [6, 6.07) is 8.98. The number of anilines is 1. The van der Waals surface area contributed by atoms with Crippen molar-refractivity contribution in [2.75, 3.05) is 32.6 Å². The van der Waals surface area contributed by atoms with Gasteiger partial charge in [-0.15, -0.1) is 0 Å². The Bertz CT molecular complexity index is 966. The van der Waals surface area contributed by atoms with E-state index in [1.807, 2.05) is 0 Å². The van der Waals surface area contributed by atoms with Crippen molar-refractivity contribution in [1.29, 1.82) is 0 Å². The van der Waals surface area contributed by atoms with Crippen LogP contribution in [0.25, 0.3) is 0 Å². The van der Waals surface area contributed by atoms with Gasteiger partial charge in [0.05, 0.1) is 25.8 Å². The maximum absolute atomic E-state index is 12.9. The average Bonchev–Trinajstić information content (AvgIpc) is 2.67. The molecule has 1 N–H and O–H groups in total. The number of likely N-dealkylation sites (N-methyl/N-ethyl adjacent to an activating group) is 1. The highest BCUT2D eigenvalue weighted by Crippen LogP contribution is 2.30. The van der Waals surface area contributed by atoms with Crippen LogP contribution >= 0.6 is 23.2 Å². The third-order valence-corrected chi connectivity index (χ3v) is 6.49. The summed E-state index contributed by atoms with van der Waals surface area (Å²) in [5.74, 6) is 0.427. The van der Waals surface area contributed by atoms with Crippen molar-refractivity contribution < 1.29 is 22.7 Å². The smallest absolute Gasteiger partial charge is 0.245 e. The van der Waals surface area contributed by atoms with Gasteiger partial charge in [0, 0.05) is 23.3 Å². The van der Waals surface area contributed by atoms with E-state index >= 15 is 0 Å². The number of hydrogen-bond donors (Lipinski definition) is 1. The summed E-state index contributed by atoms with van der Waals surface area (Å²) in [4.78, 5) is 12.3. The quantitative estimate of drug-likeness (QED) is 0.668. The topological polar surface area (TPSA) is 84.9 Å². The number of benzene rings is 2. The first-order chi connectivity index (χ1) is 13.2. The van der Waals surface area contributed by atoms with Gasteiger partial charge in [-0.2, -0.15) is 4.31 Å². The summed E-state index contributed by atoms with van der Waals surface area (Å²) >= 11 is 11.9. The Morgan fingerprint density at radius 3 is 2.36 bits per heavy atom. The zero-order valence-corrected chi connectivity index (χ0v) is 17.9. The summed E-state index contributed by atoms with van der Waals surface area (Å²) < 4.78 is 37.1. The van der Waals surface area contributed by atoms with Crippen molar-refractivity contribution >= 4 is 44.8 Å². The first kappa shape index (κ1) is 22.3. The number of halogens is 2. The predicted octanol–water partition coefficient (Wildman–Crippen LogP) is 3.66. The SMILES string of the molecule is CCN(CC(=O)Nc1ccc(OC)c(OC)c1)S(=O)(=O)c1cc(Cl)ccc1Cl. The molecule has 7 nitrogen and oxygen atoms in total. The fraction of sp³-hybridized carbons (Fsp3) is 0.278. The van der Waals surface area contributed by atoms with Crippen molar-refractivity contribution in [3.05, 3.63) is 46.4 Å². The molecule has 0 aliphatic heterocycles. The molecular formula is C18H20Cl2N2O5S. The van der Waals surface area contributed by atoms with E-state index in [4.69, 9.17) is 32.7 Å². The Morgan fingerprint density at radius 2 is 1.75 bits per heavy atom. The Kier molecular flexibility index (Phi) is 7.54. The normalized spacial score (nSPS) is 11.4. The summed E-state index contributed by atoms with van der Waals surface area (Å²) in [7, 11) is -1.03. The number of carbonyl (C=O) groups excluding carboxylic acids is 1. The second-order valence-corrected chi connectivity index (χ2v) is 8.37. The molecule has 0 unspecified atom stereocenters. The van der Waals surface area contributed by atoms with Crippen LogP contribution in [-0.2, 0) is 14.8 Å². The van der Waals surface area contributed by atoms with E-state index < -0.39 is 22.5 Å². The Hall–Kier alpha value is -2.00. The lowest BCUT2D eigenvalue weighted by Crippen LogP contribution is -2.38. The molecule has 152 valence electrons. The van der Waals surface area contributed by atoms with Gasteiger partial charge in [-0.05, 0) is 30.3 Å². The monoisotopic (exact) mass is 446 g/mol. The maximum atomic E-state index is 12.9. The number of nitrogens with zero attached hydrogens (tertiary/aromatic N) is 1. The van der Waals surface area contributed by atoms with Gasteiger partial charge in [-0.1, -0.05) is 30.1 Å². The molecule has 0 atom stereocenters. The van der Waals surface area contributed by atoms with Crippen molar-refractivity contribution in [2.45, 2.75) is 11.8 Å². The minimum absolute atomic E-state index is 0.0307. The zero-order valence-electron chi connectivity index (χ0n) is 15.5. The molecule has 2 aromatic carbocycles. The lowest BCUT2D eigenvalue weighted by atomic mass is 10.2. The van der Waals surface area contributed by atoms with Gasteiger partial charge >= 0.3 is 0 Å². The van der Waals surface area contributed by atoms with Gasteiger partial charge in [0.1, 0.15) is 4.90 Å². The van der Waals surface area contributed by atoms with Crippen LogP contribution in [0.5, 0.6) is 11.5 Å². The molecule has 2 rings (SSSR count). The van der Waals surface area contributed by atoms with E-state index in [0.717, 1.165) is 4.31 Å². The van der Waals surface area contributed by atoms with Crippen molar-refractivity contribution in [1.82, 2.24) is 4.31 Å². The minimum Gasteiger partial charge on any atom is -0.493 e. The molecule has 0 fully saturated rings. The molecular weight excluding hydrogens is 427 g/mol. The van der Waals surface area contributed by atoms with E-state index in [0.29, 0.717) is 17.2 Å². The Morgan fingerprint density at radius 1 is 1.07 bits per heavy atom. The molecule has 0 heterocycles. The van der Waals surface area contributed by atoms with Crippen LogP contribution in [0.1, 0.15) is 6.92 Å². The summed E-state index contributed by atoms with van der Waals surface area (Å²) in [6.07, 6.45) is 0. The number of nitrogens with one attached hydrogen (secondary N) is 1. The molecule has 0 aliphatic rings. The van der Waals surface area contributed by atoms with Crippen LogP contribution in [0.4, 0.5) is 5.69 Å². The lowest BCUT2D eigenvalue weighted by Gasteiger charge is -2.21. The van der Waals surface area contributed by atoms with E-state index in [-0.39, 0.29) is 21.5 Å². The standard InChI is InChI=1S/C18H20Cl2N2O5S/c1-4-22(28(24,25)17-9-12(19)5-7-14(17)20)11-18(23)21-13-6-8-15(26-2)16(10-13)27-3/h5-10H,4,11H2,1-3H3,(H,21,23). The third-order valence-electron chi connectivity index (χ3n) is 3.85. The molecule has 10 heteroatoms. The first-order valence-electron chi connectivity index (χ1n) is 8.20. The summed E-state index contributed by atoms with van der Waals surface area (Å²) in [5, 5.41) is 2.90. The van der Waals surface area contributed by atoms with E-state index in [9.17, 15) is 13.2 Å². The highest BCUT2D eigenvalue weighted by Gasteiger charge is 2.27. The van der Waals surface area contributed by atoms with Crippen LogP contribution in [0.15, 0.2) is 41.3 Å². The van der Waals surface area contributed by atoms with Crippen LogP contribution < -0.4 is 14.8 Å². The molecule has 28 heavy (non-hydrogen) atoms. The lowest BCUT2D eigenvalue weighted by molar-refractivity contribution is -0.116. The van der Waals surface area contributed by atoms with Crippen LogP contribution in [0, 0.1) is 0 Å². The summed E-state index contributed by atoms with van der Waals surface area (Å²) in [5.41, 5.74) is 0.442. The molecule has 0 radical (unpaired) electrons. The van der Waals surface area contributed by atoms with Crippen LogP contribution in [-0.4, -0.2) is 45.9 Å². The number of carbonyl (C=O) groups is 1. The van der Waals surface area contributed by atoms with Crippen molar-refractivity contribution in [3.8, 4) is 11.5 Å². The first-order valence-corrected chi connectivity index (χ1v) is 10.4.